The van der Waals surface area contributed by atoms with Crippen molar-refractivity contribution in [1.82, 2.24) is 14.7 Å². The maximum absolute atomic E-state index is 13.0. The molecule has 0 bridgehead atoms. The third-order valence-corrected chi connectivity index (χ3v) is 10.3. The fourth-order valence-corrected chi connectivity index (χ4v) is 7.10. The Bertz CT molecular complexity index is 1560. The lowest BCUT2D eigenvalue weighted by Gasteiger charge is -2.21. The van der Waals surface area contributed by atoms with Gasteiger partial charge in [-0.2, -0.15) is 4.98 Å². The second kappa shape index (κ2) is 10.6. The van der Waals surface area contributed by atoms with Gasteiger partial charge in [0.25, 0.3) is 0 Å². The number of aromatic nitrogens is 2. The number of sulfonamides is 1. The number of halogens is 1. The molecule has 1 saturated carbocycles. The zero-order valence-electron chi connectivity index (χ0n) is 23.7. The zero-order valence-corrected chi connectivity index (χ0v) is 25.2. The van der Waals surface area contributed by atoms with Crippen molar-refractivity contribution in [2.75, 3.05) is 62.4 Å². The molecule has 12 heteroatoms. The van der Waals surface area contributed by atoms with Crippen LogP contribution in [0.2, 0.25) is 5.02 Å². The van der Waals surface area contributed by atoms with E-state index in [0.29, 0.717) is 42.0 Å². The number of likely N-dealkylation sites (N-methyl/N-ethyl adjacent to an activating group) is 1. The van der Waals surface area contributed by atoms with Gasteiger partial charge in [-0.1, -0.05) is 23.7 Å². The van der Waals surface area contributed by atoms with Gasteiger partial charge in [-0.25, -0.2) is 18.1 Å². The van der Waals surface area contributed by atoms with Crippen molar-refractivity contribution < 1.29 is 17.6 Å². The minimum absolute atomic E-state index is 0.135. The van der Waals surface area contributed by atoms with Gasteiger partial charge < -0.3 is 24.8 Å². The molecule has 6 rings (SSSR count). The summed E-state index contributed by atoms with van der Waals surface area (Å²) >= 11 is 6.44. The minimum Gasteiger partial charge on any atom is -0.492 e. The van der Waals surface area contributed by atoms with Crippen LogP contribution >= 0.6 is 11.6 Å². The molecule has 1 aliphatic carbocycles. The average Bonchev–Trinajstić information content (AvgIpc) is 3.81. The highest BCUT2D eigenvalue weighted by molar-refractivity contribution is 7.89. The van der Waals surface area contributed by atoms with Gasteiger partial charge in [-0.15, -0.1) is 0 Å². The van der Waals surface area contributed by atoms with Gasteiger partial charge in [0.2, 0.25) is 16.0 Å². The molecule has 1 unspecified atom stereocenters. The van der Waals surface area contributed by atoms with Gasteiger partial charge in [-0.05, 0) is 49.9 Å². The number of ether oxygens (including phenoxy) is 1. The van der Waals surface area contributed by atoms with Crippen LogP contribution in [0.3, 0.4) is 0 Å². The van der Waals surface area contributed by atoms with E-state index in [1.165, 1.54) is 19.2 Å². The van der Waals surface area contributed by atoms with E-state index in [0.717, 1.165) is 41.8 Å². The Morgan fingerprint density at radius 3 is 2.63 bits per heavy atom. The lowest BCUT2D eigenvalue weighted by atomic mass is 10.1. The van der Waals surface area contributed by atoms with Crippen molar-refractivity contribution >= 4 is 50.5 Å². The SMILES string of the molecule is CCOc1cc(N2CCC3(C2)C[N+]3(C)C)ccc1Nc1ncc(Cl)c(Nc2ccccc2S(=O)(=O)NCC2CC2)n1. The zero-order chi connectivity index (χ0) is 28.8. The number of rotatable bonds is 11. The number of hydrogen-bond donors (Lipinski definition) is 3. The molecule has 10 nitrogen and oxygen atoms in total. The fraction of sp³-hybridized carbons (Fsp3) is 0.448. The molecule has 0 radical (unpaired) electrons. The van der Waals surface area contributed by atoms with Gasteiger partial charge >= 0.3 is 0 Å². The molecule has 3 fully saturated rings. The molecule has 2 aromatic carbocycles. The number of anilines is 5. The van der Waals surface area contributed by atoms with Crippen LogP contribution in [0.1, 0.15) is 26.2 Å². The Balaban J connectivity index is 1.21. The third kappa shape index (κ3) is 5.81. The predicted molar refractivity (Wildman–Crippen MR) is 162 cm³/mol. The minimum atomic E-state index is -3.71. The molecule has 1 spiro atoms. The van der Waals surface area contributed by atoms with Crippen LogP contribution in [0.5, 0.6) is 5.75 Å². The summed E-state index contributed by atoms with van der Waals surface area (Å²) < 4.78 is 35.8. The Labute approximate surface area is 246 Å². The van der Waals surface area contributed by atoms with Crippen LogP contribution in [0.25, 0.3) is 0 Å². The van der Waals surface area contributed by atoms with Gasteiger partial charge in [0.05, 0.1) is 44.8 Å². The molecule has 3 aliphatic rings. The Hall–Kier alpha value is -3.12. The topological polar surface area (TPSA) is 108 Å². The number of para-hydroxylation sites is 1. The second-order valence-electron chi connectivity index (χ2n) is 11.8. The normalized spacial score (nSPS) is 21.2. The molecule has 0 amide bonds. The van der Waals surface area contributed by atoms with Crippen LogP contribution in [-0.2, 0) is 10.0 Å². The lowest BCUT2D eigenvalue weighted by Crippen LogP contribution is -2.31. The number of nitrogens with one attached hydrogen (secondary N) is 3. The summed E-state index contributed by atoms with van der Waals surface area (Å²) in [6, 6.07) is 12.8. The molecule has 3 aromatic rings. The highest BCUT2D eigenvalue weighted by atomic mass is 35.5. The number of hydrogen-bond acceptors (Lipinski definition) is 8. The van der Waals surface area contributed by atoms with Gasteiger partial charge in [-0.3, -0.25) is 0 Å². The van der Waals surface area contributed by atoms with Crippen LogP contribution in [0.4, 0.5) is 28.8 Å². The number of nitrogens with zero attached hydrogens (tertiary/aromatic N) is 4. The molecular weight excluding hydrogens is 562 g/mol. The number of benzene rings is 2. The highest BCUT2D eigenvalue weighted by Crippen LogP contribution is 2.47. The van der Waals surface area contributed by atoms with Gasteiger partial charge in [0.1, 0.15) is 22.2 Å². The first-order chi connectivity index (χ1) is 19.6. The molecule has 1 atom stereocenters. The molecule has 2 saturated heterocycles. The average molecular weight is 599 g/mol. The van der Waals surface area contributed by atoms with Crippen molar-refractivity contribution in [2.24, 2.45) is 5.92 Å². The molecular formula is C29H37ClN7O3S+. The quantitative estimate of drug-likeness (QED) is 0.214. The smallest absolute Gasteiger partial charge is 0.242 e. The van der Waals surface area contributed by atoms with Crippen LogP contribution in [0, 0.1) is 5.92 Å². The summed E-state index contributed by atoms with van der Waals surface area (Å²) in [4.78, 5) is 11.5. The van der Waals surface area contributed by atoms with E-state index in [2.05, 4.69) is 56.5 Å². The monoisotopic (exact) mass is 598 g/mol. The van der Waals surface area contributed by atoms with Crippen LogP contribution in [0.15, 0.2) is 53.6 Å². The van der Waals surface area contributed by atoms with Crippen molar-refractivity contribution in [1.29, 1.82) is 0 Å². The molecule has 3 heterocycles. The standard InChI is InChI=1S/C29H37ClN7O3S/c1-4-40-25-15-21(36-14-13-29(18-36)19-37(29,2)3)11-12-23(25)34-28-31-17-22(30)27(35-28)33-24-7-5-6-8-26(24)41(38,39)32-16-20-9-10-20/h5-8,11-12,15,17,20,32H,4,9-10,13-14,16,18-19H2,1-3H3,(H2,31,33,34,35)/q+1. The Morgan fingerprint density at radius 1 is 1.15 bits per heavy atom. The summed E-state index contributed by atoms with van der Waals surface area (Å²) in [5.74, 6) is 1.72. The fourth-order valence-electron chi connectivity index (χ4n) is 5.68. The third-order valence-electron chi connectivity index (χ3n) is 8.51. The van der Waals surface area contributed by atoms with Gasteiger partial charge in [0, 0.05) is 31.3 Å². The van der Waals surface area contributed by atoms with E-state index in [1.807, 2.05) is 13.0 Å². The van der Waals surface area contributed by atoms with Crippen molar-refractivity contribution in [3.05, 3.63) is 53.7 Å². The molecule has 218 valence electrons. The second-order valence-corrected chi connectivity index (χ2v) is 13.9. The first kappa shape index (κ1) is 28.0. The Kier molecular flexibility index (Phi) is 7.25. The first-order valence-corrected chi connectivity index (χ1v) is 16.0. The van der Waals surface area contributed by atoms with Crippen LogP contribution < -0.4 is 25.0 Å². The molecule has 41 heavy (non-hydrogen) atoms. The van der Waals surface area contributed by atoms with Gasteiger partial charge in [0.15, 0.2) is 11.4 Å². The lowest BCUT2D eigenvalue weighted by molar-refractivity contribution is -0.784. The van der Waals surface area contributed by atoms with E-state index < -0.39 is 10.0 Å². The molecule has 2 aliphatic heterocycles. The summed E-state index contributed by atoms with van der Waals surface area (Å²) in [5.41, 5.74) is 2.61. The van der Waals surface area contributed by atoms with E-state index >= 15 is 0 Å². The summed E-state index contributed by atoms with van der Waals surface area (Å²) in [5, 5.41) is 6.62. The largest absolute Gasteiger partial charge is 0.492 e. The van der Waals surface area contributed by atoms with E-state index in [4.69, 9.17) is 16.3 Å². The first-order valence-electron chi connectivity index (χ1n) is 14.1. The maximum Gasteiger partial charge on any atom is 0.242 e. The van der Waals surface area contributed by atoms with Crippen molar-refractivity contribution in [3.63, 3.8) is 0 Å². The highest BCUT2D eigenvalue weighted by Gasteiger charge is 2.66. The molecule has 3 N–H and O–H groups in total. The van der Waals surface area contributed by atoms with Crippen molar-refractivity contribution in [2.45, 2.75) is 36.6 Å². The number of quaternary nitrogens is 1. The summed E-state index contributed by atoms with van der Waals surface area (Å²) in [6.45, 7) is 6.20. The maximum atomic E-state index is 13.0. The van der Waals surface area contributed by atoms with Crippen LogP contribution in [-0.4, -0.2) is 75.3 Å². The predicted octanol–water partition coefficient (Wildman–Crippen LogP) is 4.74. The summed E-state index contributed by atoms with van der Waals surface area (Å²) in [7, 11) is 0.906. The van der Waals surface area contributed by atoms with Crippen molar-refractivity contribution in [3.8, 4) is 5.75 Å². The molecule has 1 aromatic heterocycles. The Morgan fingerprint density at radius 2 is 1.93 bits per heavy atom. The van der Waals surface area contributed by atoms with E-state index in [-0.39, 0.29) is 15.7 Å². The van der Waals surface area contributed by atoms with E-state index in [9.17, 15) is 8.42 Å². The van der Waals surface area contributed by atoms with E-state index in [1.54, 1.807) is 24.3 Å². The summed E-state index contributed by atoms with van der Waals surface area (Å²) in [6.07, 6.45) is 4.79.